The number of rotatable bonds is 6. The van der Waals surface area contributed by atoms with Crippen molar-refractivity contribution in [3.05, 3.63) is 41.3 Å². The number of carbonyl (C=O) groups is 2. The molecule has 0 saturated heterocycles. The van der Waals surface area contributed by atoms with Gasteiger partial charge in [-0.15, -0.1) is 5.10 Å². The number of carbonyl (C=O) groups excluding carboxylic acids is 1. The molecule has 0 radical (unpaired) electrons. The third-order valence-electron chi connectivity index (χ3n) is 2.42. The number of hydrogen-bond acceptors (Lipinski definition) is 7. The number of benzene rings is 1. The second-order valence-electron chi connectivity index (χ2n) is 3.88. The van der Waals surface area contributed by atoms with E-state index < -0.39 is 11.9 Å². The van der Waals surface area contributed by atoms with Crippen LogP contribution < -0.4 is 0 Å². The SMILES string of the molecule is CCOC(=O)c1nnc(SCc2ccc(C(=O)O)cc2)o1. The van der Waals surface area contributed by atoms with Crippen molar-refractivity contribution in [2.75, 3.05) is 6.61 Å². The summed E-state index contributed by atoms with van der Waals surface area (Å²) in [5, 5.41) is 16.4. The summed E-state index contributed by atoms with van der Waals surface area (Å²) >= 11 is 1.25. The molecule has 0 fully saturated rings. The van der Waals surface area contributed by atoms with Gasteiger partial charge in [-0.3, -0.25) is 0 Å². The quantitative estimate of drug-likeness (QED) is 0.640. The fraction of sp³-hybridized carbons (Fsp3) is 0.231. The Morgan fingerprint density at radius 1 is 1.29 bits per heavy atom. The maximum Gasteiger partial charge on any atom is 0.396 e. The van der Waals surface area contributed by atoms with Crippen LogP contribution in [0.2, 0.25) is 0 Å². The summed E-state index contributed by atoms with van der Waals surface area (Å²) in [6.07, 6.45) is 0. The summed E-state index contributed by atoms with van der Waals surface area (Å²) in [6, 6.07) is 6.46. The Balaban J connectivity index is 1.94. The van der Waals surface area contributed by atoms with Gasteiger partial charge in [0.1, 0.15) is 0 Å². The molecule has 7 nitrogen and oxygen atoms in total. The molecule has 0 atom stereocenters. The summed E-state index contributed by atoms with van der Waals surface area (Å²) in [6.45, 7) is 1.92. The smallest absolute Gasteiger partial charge is 0.396 e. The van der Waals surface area contributed by atoms with Gasteiger partial charge in [-0.1, -0.05) is 29.0 Å². The van der Waals surface area contributed by atoms with Crippen LogP contribution in [0.4, 0.5) is 0 Å². The van der Waals surface area contributed by atoms with Gasteiger partial charge < -0.3 is 14.3 Å². The number of carboxylic acids is 1. The molecule has 0 aliphatic rings. The van der Waals surface area contributed by atoms with Gasteiger partial charge in [-0.2, -0.15) is 0 Å². The number of aromatic carboxylic acids is 1. The first-order valence-corrected chi connectivity index (χ1v) is 7.04. The summed E-state index contributed by atoms with van der Waals surface area (Å²) in [5.41, 5.74) is 1.13. The summed E-state index contributed by atoms with van der Waals surface area (Å²) < 4.78 is 9.89. The fourth-order valence-electron chi connectivity index (χ4n) is 1.43. The van der Waals surface area contributed by atoms with E-state index >= 15 is 0 Å². The van der Waals surface area contributed by atoms with Crippen LogP contribution in [-0.2, 0) is 10.5 Å². The van der Waals surface area contributed by atoms with Gasteiger partial charge in [-0.25, -0.2) is 9.59 Å². The highest BCUT2D eigenvalue weighted by atomic mass is 32.2. The van der Waals surface area contributed by atoms with E-state index in [0.29, 0.717) is 5.75 Å². The topological polar surface area (TPSA) is 103 Å². The van der Waals surface area contributed by atoms with E-state index in [0.717, 1.165) is 5.56 Å². The van der Waals surface area contributed by atoms with Gasteiger partial charge in [0.2, 0.25) is 0 Å². The zero-order valence-corrected chi connectivity index (χ0v) is 11.9. The Morgan fingerprint density at radius 2 is 2.00 bits per heavy atom. The molecule has 0 amide bonds. The van der Waals surface area contributed by atoms with E-state index in [2.05, 4.69) is 10.2 Å². The van der Waals surface area contributed by atoms with Crippen molar-refractivity contribution in [1.29, 1.82) is 0 Å². The average Bonchev–Trinajstić information content (AvgIpc) is 2.95. The minimum atomic E-state index is -0.967. The van der Waals surface area contributed by atoms with Crippen molar-refractivity contribution in [2.45, 2.75) is 17.9 Å². The molecule has 0 bridgehead atoms. The number of aromatic nitrogens is 2. The third-order valence-corrected chi connectivity index (χ3v) is 3.31. The number of nitrogens with zero attached hydrogens (tertiary/aromatic N) is 2. The van der Waals surface area contributed by atoms with Crippen LogP contribution in [0.15, 0.2) is 33.9 Å². The molecule has 2 rings (SSSR count). The zero-order valence-electron chi connectivity index (χ0n) is 11.1. The molecule has 0 aliphatic heterocycles. The number of esters is 1. The van der Waals surface area contributed by atoms with Crippen LogP contribution in [-0.4, -0.2) is 33.8 Å². The summed E-state index contributed by atoms with van der Waals surface area (Å²) in [5.74, 6) is -1.28. The molecule has 1 aromatic heterocycles. The largest absolute Gasteiger partial charge is 0.478 e. The van der Waals surface area contributed by atoms with Crippen LogP contribution in [0.25, 0.3) is 0 Å². The van der Waals surface area contributed by atoms with Gasteiger partial charge in [0, 0.05) is 5.75 Å². The second kappa shape index (κ2) is 6.89. The molecule has 1 N–H and O–H groups in total. The molecular weight excluding hydrogens is 296 g/mol. The molecule has 8 heteroatoms. The Hall–Kier alpha value is -2.35. The van der Waals surface area contributed by atoms with E-state index in [-0.39, 0.29) is 23.3 Å². The van der Waals surface area contributed by atoms with E-state index in [1.165, 1.54) is 23.9 Å². The van der Waals surface area contributed by atoms with E-state index in [9.17, 15) is 9.59 Å². The van der Waals surface area contributed by atoms with Crippen molar-refractivity contribution in [3.63, 3.8) is 0 Å². The Bertz CT molecular complexity index is 638. The highest BCUT2D eigenvalue weighted by Gasteiger charge is 2.16. The van der Waals surface area contributed by atoms with Crippen LogP contribution >= 0.6 is 11.8 Å². The number of ether oxygens (including phenoxy) is 1. The second-order valence-corrected chi connectivity index (χ2v) is 4.81. The number of thioether (sulfide) groups is 1. The lowest BCUT2D eigenvalue weighted by atomic mass is 10.1. The number of hydrogen-bond donors (Lipinski definition) is 1. The van der Waals surface area contributed by atoms with Crippen molar-refractivity contribution >= 4 is 23.7 Å². The van der Waals surface area contributed by atoms with Gasteiger partial charge >= 0.3 is 17.8 Å². The van der Waals surface area contributed by atoms with Gasteiger partial charge in [0.15, 0.2) is 0 Å². The molecule has 0 saturated carbocycles. The normalized spacial score (nSPS) is 10.3. The van der Waals surface area contributed by atoms with E-state index in [1.807, 2.05) is 0 Å². The van der Waals surface area contributed by atoms with Crippen molar-refractivity contribution in [3.8, 4) is 0 Å². The standard InChI is InChI=1S/C13H12N2O5S/c1-2-19-12(18)10-14-15-13(20-10)21-7-8-3-5-9(6-4-8)11(16)17/h3-6H,2,7H2,1H3,(H,16,17). The number of carboxylic acid groups (broad SMARTS) is 1. The Morgan fingerprint density at radius 3 is 2.62 bits per heavy atom. The zero-order chi connectivity index (χ0) is 15.2. The highest BCUT2D eigenvalue weighted by Crippen LogP contribution is 2.21. The maximum absolute atomic E-state index is 11.4. The third kappa shape index (κ3) is 4.06. The van der Waals surface area contributed by atoms with Gasteiger partial charge in [0.25, 0.3) is 5.22 Å². The van der Waals surface area contributed by atoms with Crippen molar-refractivity contribution < 1.29 is 23.8 Å². The first kappa shape index (κ1) is 15.0. The van der Waals surface area contributed by atoms with Gasteiger partial charge in [0.05, 0.1) is 12.2 Å². The van der Waals surface area contributed by atoms with Crippen LogP contribution in [0.5, 0.6) is 0 Å². The average molecular weight is 308 g/mol. The van der Waals surface area contributed by atoms with Crippen molar-refractivity contribution in [1.82, 2.24) is 10.2 Å². The Kier molecular flexibility index (Phi) is 4.94. The molecule has 0 aliphatic carbocycles. The van der Waals surface area contributed by atoms with Crippen LogP contribution in [0.1, 0.15) is 33.5 Å². The van der Waals surface area contributed by atoms with Crippen LogP contribution in [0.3, 0.4) is 0 Å². The minimum absolute atomic E-state index is 0.180. The first-order valence-electron chi connectivity index (χ1n) is 6.05. The van der Waals surface area contributed by atoms with Gasteiger partial charge in [-0.05, 0) is 24.6 Å². The monoisotopic (exact) mass is 308 g/mol. The molecular formula is C13H12N2O5S. The van der Waals surface area contributed by atoms with E-state index in [4.69, 9.17) is 14.3 Å². The van der Waals surface area contributed by atoms with Crippen molar-refractivity contribution in [2.24, 2.45) is 0 Å². The summed E-state index contributed by atoms with van der Waals surface area (Å²) in [7, 11) is 0. The van der Waals surface area contributed by atoms with E-state index in [1.54, 1.807) is 19.1 Å². The molecule has 1 heterocycles. The predicted octanol–water partition coefficient (Wildman–Crippen LogP) is 2.24. The maximum atomic E-state index is 11.4. The molecule has 0 unspecified atom stereocenters. The molecule has 21 heavy (non-hydrogen) atoms. The summed E-state index contributed by atoms with van der Waals surface area (Å²) in [4.78, 5) is 22.1. The lowest BCUT2D eigenvalue weighted by Crippen LogP contribution is -2.04. The highest BCUT2D eigenvalue weighted by molar-refractivity contribution is 7.98. The molecule has 110 valence electrons. The molecule has 2 aromatic rings. The fourth-order valence-corrected chi connectivity index (χ4v) is 2.15. The molecule has 1 aromatic carbocycles. The lowest BCUT2D eigenvalue weighted by molar-refractivity contribution is 0.0474. The lowest BCUT2D eigenvalue weighted by Gasteiger charge is -1.99. The first-order chi connectivity index (χ1) is 10.1. The van der Waals surface area contributed by atoms with Crippen LogP contribution in [0, 0.1) is 0 Å². The molecule has 0 spiro atoms. The minimum Gasteiger partial charge on any atom is -0.478 e. The Labute approximate surface area is 124 Å². The predicted molar refractivity (Wildman–Crippen MR) is 73.2 cm³/mol.